The van der Waals surface area contributed by atoms with Crippen LogP contribution in [-0.2, 0) is 21.9 Å². The van der Waals surface area contributed by atoms with E-state index in [9.17, 15) is 4.79 Å². The zero-order chi connectivity index (χ0) is 11.0. The van der Waals surface area contributed by atoms with E-state index in [1.165, 1.54) is 21.1 Å². The maximum absolute atomic E-state index is 9.60. The fourth-order valence-corrected chi connectivity index (χ4v) is 0.214. The first-order valence-electron chi connectivity index (χ1n) is 3.72. The van der Waals surface area contributed by atoms with Crippen LogP contribution in [0, 0.1) is 0 Å². The van der Waals surface area contributed by atoms with Crippen molar-refractivity contribution in [1.29, 1.82) is 0 Å². The summed E-state index contributed by atoms with van der Waals surface area (Å²) in [7, 11) is 4.50. The molecule has 0 atom stereocenters. The molecule has 0 aromatic carbocycles. The molecular weight excluding hydrogens is 222 g/mol. The second-order valence-electron chi connectivity index (χ2n) is 1.14. The maximum atomic E-state index is 9.60. The van der Waals surface area contributed by atoms with Gasteiger partial charge in [0.2, 0.25) is 0 Å². The number of hydrogen-bond donors (Lipinski definition) is 4. The van der Waals surface area contributed by atoms with Crippen LogP contribution in [0.2, 0.25) is 0 Å². The maximum Gasteiger partial charge on any atom is 0.303 e. The summed E-state index contributed by atoms with van der Waals surface area (Å²) < 4.78 is 0. The summed E-state index contributed by atoms with van der Waals surface area (Å²) in [6, 6.07) is 0. The average Bonchev–Trinajstić information content (AvgIpc) is 2.14. The molecule has 0 saturated carbocycles. The zero-order valence-electron chi connectivity index (χ0n) is 8.80. The van der Waals surface area contributed by atoms with Gasteiger partial charge in [0.05, 0.1) is 0 Å². The molecule has 0 bridgehead atoms. The third-order valence-electron chi connectivity index (χ3n) is 0.464. The van der Waals surface area contributed by atoms with Crippen molar-refractivity contribution in [2.45, 2.75) is 19.8 Å². The van der Waals surface area contributed by atoms with E-state index in [0.717, 1.165) is 6.42 Å². The van der Waals surface area contributed by atoms with E-state index in [4.69, 9.17) is 5.11 Å². The molecule has 6 heteroatoms. The molecule has 13 heavy (non-hydrogen) atoms. The monoisotopic (exact) mass is 244 g/mol. The number of aliphatic carboxylic acids is 1. The quantitative estimate of drug-likeness (QED) is 0.493. The third kappa shape index (κ3) is 140. The Morgan fingerprint density at radius 2 is 1.31 bits per heavy atom. The van der Waals surface area contributed by atoms with Gasteiger partial charge in [0, 0.05) is 23.5 Å². The second kappa shape index (κ2) is 59.1. The summed E-state index contributed by atoms with van der Waals surface area (Å²) in [5.74, 6) is -0.711. The number of carboxylic acid groups (broad SMARTS) is 1. The standard InChI is InChI=1S/C4H8O2.3CH5N.Cu/c1-2-3-4(5)6;3*1-2;/h2-3H2,1H3,(H,5,6);3*2H2,1H3;. The van der Waals surface area contributed by atoms with Crippen LogP contribution in [0.1, 0.15) is 19.8 Å². The molecule has 0 aromatic heterocycles. The molecule has 0 unspecified atom stereocenters. The fraction of sp³-hybridized carbons (Fsp3) is 0.857. The Morgan fingerprint density at radius 3 is 1.31 bits per heavy atom. The molecule has 0 aliphatic rings. The molecule has 5 nitrogen and oxygen atoms in total. The average molecular weight is 245 g/mol. The van der Waals surface area contributed by atoms with Gasteiger partial charge in [0.15, 0.2) is 0 Å². The molecule has 7 N–H and O–H groups in total. The first-order chi connectivity index (χ1) is 5.77. The molecule has 0 aliphatic heterocycles. The SMILES string of the molecule is CCCC(=O)O.CN.CN.CN.[Cu]. The predicted octanol–water partition coefficient (Wildman–Crippen LogP) is -0.407. The Hall–Kier alpha value is -0.131. The van der Waals surface area contributed by atoms with E-state index in [-0.39, 0.29) is 17.1 Å². The van der Waals surface area contributed by atoms with Crippen molar-refractivity contribution in [3.05, 3.63) is 0 Å². The van der Waals surface area contributed by atoms with E-state index >= 15 is 0 Å². The van der Waals surface area contributed by atoms with Crippen LogP contribution in [0.25, 0.3) is 0 Å². The van der Waals surface area contributed by atoms with E-state index in [1.807, 2.05) is 6.92 Å². The van der Waals surface area contributed by atoms with E-state index < -0.39 is 5.97 Å². The second-order valence-corrected chi connectivity index (χ2v) is 1.14. The summed E-state index contributed by atoms with van der Waals surface area (Å²) in [4.78, 5) is 9.60. The first-order valence-corrected chi connectivity index (χ1v) is 3.72. The van der Waals surface area contributed by atoms with Gasteiger partial charge in [0.1, 0.15) is 0 Å². The van der Waals surface area contributed by atoms with Crippen LogP contribution in [0.4, 0.5) is 0 Å². The Balaban J connectivity index is -0.0000000263. The summed E-state index contributed by atoms with van der Waals surface area (Å²) in [6.45, 7) is 1.84. The van der Waals surface area contributed by atoms with Crippen LogP contribution < -0.4 is 17.2 Å². The molecule has 89 valence electrons. The van der Waals surface area contributed by atoms with Gasteiger partial charge in [-0.05, 0) is 27.6 Å². The van der Waals surface area contributed by atoms with Gasteiger partial charge in [-0.25, -0.2) is 0 Å². The number of nitrogens with two attached hydrogens (primary N) is 3. The summed E-state index contributed by atoms with van der Waals surface area (Å²) >= 11 is 0. The number of carbonyl (C=O) groups is 1. The van der Waals surface area contributed by atoms with Crippen molar-refractivity contribution in [1.82, 2.24) is 0 Å². The van der Waals surface area contributed by atoms with Gasteiger partial charge in [0.25, 0.3) is 0 Å². The van der Waals surface area contributed by atoms with Gasteiger partial charge < -0.3 is 22.3 Å². The molecule has 0 spiro atoms. The van der Waals surface area contributed by atoms with E-state index in [2.05, 4.69) is 17.2 Å². The molecule has 0 fully saturated rings. The topological polar surface area (TPSA) is 115 Å². The Bertz CT molecular complexity index is 65.7. The van der Waals surface area contributed by atoms with Crippen molar-refractivity contribution in [3.63, 3.8) is 0 Å². The van der Waals surface area contributed by atoms with Gasteiger partial charge in [-0.1, -0.05) is 6.92 Å². The molecule has 1 radical (unpaired) electrons. The smallest absolute Gasteiger partial charge is 0.303 e. The molecule has 0 aliphatic carbocycles. The Kier molecular flexibility index (Phi) is 133. The van der Waals surface area contributed by atoms with Crippen LogP contribution >= 0.6 is 0 Å². The Labute approximate surface area is 91.5 Å². The molecular formula is C7H23CuN3O2. The minimum Gasteiger partial charge on any atom is -0.481 e. The summed E-state index contributed by atoms with van der Waals surface area (Å²) in [6.07, 6.45) is 1.02. The van der Waals surface area contributed by atoms with E-state index in [0.29, 0.717) is 6.42 Å². The van der Waals surface area contributed by atoms with Gasteiger partial charge in [-0.2, -0.15) is 0 Å². The zero-order valence-corrected chi connectivity index (χ0v) is 9.74. The summed E-state index contributed by atoms with van der Waals surface area (Å²) in [5, 5.41) is 7.91. The molecule has 0 rings (SSSR count). The van der Waals surface area contributed by atoms with Gasteiger partial charge in [-0.15, -0.1) is 0 Å². The third-order valence-corrected chi connectivity index (χ3v) is 0.464. The van der Waals surface area contributed by atoms with Crippen molar-refractivity contribution in [2.24, 2.45) is 17.2 Å². The Morgan fingerprint density at radius 1 is 1.08 bits per heavy atom. The van der Waals surface area contributed by atoms with Crippen molar-refractivity contribution >= 4 is 5.97 Å². The van der Waals surface area contributed by atoms with Gasteiger partial charge in [-0.3, -0.25) is 4.79 Å². The molecule has 0 saturated heterocycles. The first kappa shape index (κ1) is 29.3. The minimum absolute atomic E-state index is 0. The van der Waals surface area contributed by atoms with Crippen LogP contribution in [-0.4, -0.2) is 32.2 Å². The number of carboxylic acids is 1. The predicted molar refractivity (Wildman–Crippen MR) is 52.9 cm³/mol. The van der Waals surface area contributed by atoms with Crippen LogP contribution in [0.5, 0.6) is 0 Å². The molecule has 0 heterocycles. The normalized spacial score (nSPS) is 5.15. The molecule has 0 aromatic rings. The van der Waals surface area contributed by atoms with Crippen LogP contribution in [0.3, 0.4) is 0 Å². The van der Waals surface area contributed by atoms with Gasteiger partial charge >= 0.3 is 5.97 Å². The number of hydrogen-bond acceptors (Lipinski definition) is 4. The summed E-state index contributed by atoms with van der Waals surface area (Å²) in [5.41, 5.74) is 13.5. The fourth-order valence-electron chi connectivity index (χ4n) is 0.214. The van der Waals surface area contributed by atoms with Crippen LogP contribution in [0.15, 0.2) is 0 Å². The van der Waals surface area contributed by atoms with Crippen molar-refractivity contribution < 1.29 is 27.0 Å². The minimum atomic E-state index is -0.711. The van der Waals surface area contributed by atoms with Crippen molar-refractivity contribution in [3.8, 4) is 0 Å². The number of rotatable bonds is 2. The van der Waals surface area contributed by atoms with E-state index in [1.54, 1.807) is 0 Å². The molecule has 0 amide bonds. The van der Waals surface area contributed by atoms with Crippen molar-refractivity contribution in [2.75, 3.05) is 21.1 Å². The largest absolute Gasteiger partial charge is 0.481 e.